The number of hydrogen-bond acceptors (Lipinski definition) is 9. The maximum atomic E-state index is 14.5. The summed E-state index contributed by atoms with van der Waals surface area (Å²) in [6.45, 7) is 7.86. The smallest absolute Gasteiger partial charge is 0.412 e. The SMILES string of the molecule is CC(=O)OC1C(C)OC(n2cc(F)c(NC(=O)OCCC(C)C)nc2=O)C1OC(C)=O. The van der Waals surface area contributed by atoms with Crippen LogP contribution in [0.4, 0.5) is 15.0 Å². The number of aromatic nitrogens is 2. The Labute approximate surface area is 177 Å². The molecule has 31 heavy (non-hydrogen) atoms. The van der Waals surface area contributed by atoms with Gasteiger partial charge in [-0.15, -0.1) is 0 Å². The Hall–Kier alpha value is -3.02. The van der Waals surface area contributed by atoms with Gasteiger partial charge in [-0.25, -0.2) is 14.0 Å². The molecule has 0 radical (unpaired) electrons. The van der Waals surface area contributed by atoms with Gasteiger partial charge in [-0.1, -0.05) is 13.8 Å². The third kappa shape index (κ3) is 6.48. The van der Waals surface area contributed by atoms with Crippen molar-refractivity contribution in [3.8, 4) is 0 Å². The first-order valence-electron chi connectivity index (χ1n) is 9.72. The molecular formula is C19H26FN3O8. The third-order valence-corrected chi connectivity index (χ3v) is 4.36. The largest absolute Gasteiger partial charge is 0.456 e. The van der Waals surface area contributed by atoms with Gasteiger partial charge in [0.2, 0.25) is 0 Å². The summed E-state index contributed by atoms with van der Waals surface area (Å²) in [6.07, 6.45) is -3.88. The Morgan fingerprint density at radius 1 is 1.23 bits per heavy atom. The Morgan fingerprint density at radius 2 is 1.84 bits per heavy atom. The van der Waals surface area contributed by atoms with Gasteiger partial charge in [0.25, 0.3) is 0 Å². The van der Waals surface area contributed by atoms with Crippen molar-refractivity contribution in [3.63, 3.8) is 0 Å². The molecule has 11 nitrogen and oxygen atoms in total. The summed E-state index contributed by atoms with van der Waals surface area (Å²) < 4.78 is 36.1. The van der Waals surface area contributed by atoms with Gasteiger partial charge in [0.05, 0.1) is 18.9 Å². The maximum Gasteiger partial charge on any atom is 0.412 e. The van der Waals surface area contributed by atoms with Crippen molar-refractivity contribution in [2.24, 2.45) is 5.92 Å². The predicted molar refractivity (Wildman–Crippen MR) is 104 cm³/mol. The van der Waals surface area contributed by atoms with Crippen LogP contribution in [0.3, 0.4) is 0 Å². The van der Waals surface area contributed by atoms with Gasteiger partial charge in [0.1, 0.15) is 0 Å². The highest BCUT2D eigenvalue weighted by atomic mass is 19.1. The fourth-order valence-corrected chi connectivity index (χ4v) is 2.93. The first-order chi connectivity index (χ1) is 14.5. The Balaban J connectivity index is 2.24. The van der Waals surface area contributed by atoms with Crippen LogP contribution in [-0.2, 0) is 28.5 Å². The average molecular weight is 443 g/mol. The van der Waals surface area contributed by atoms with Crippen LogP contribution in [-0.4, -0.2) is 52.5 Å². The number of amides is 1. The molecule has 4 atom stereocenters. The monoisotopic (exact) mass is 443 g/mol. The highest BCUT2D eigenvalue weighted by molar-refractivity contribution is 5.83. The quantitative estimate of drug-likeness (QED) is 0.494. The summed E-state index contributed by atoms with van der Waals surface area (Å²) in [5.74, 6) is -2.72. The molecule has 0 aliphatic carbocycles. The van der Waals surface area contributed by atoms with E-state index in [1.165, 1.54) is 6.92 Å². The van der Waals surface area contributed by atoms with E-state index in [1.807, 2.05) is 13.8 Å². The van der Waals surface area contributed by atoms with E-state index in [4.69, 9.17) is 18.9 Å². The van der Waals surface area contributed by atoms with Crippen molar-refractivity contribution in [1.29, 1.82) is 0 Å². The number of carbonyl (C=O) groups is 3. The van der Waals surface area contributed by atoms with Crippen LogP contribution >= 0.6 is 0 Å². The molecule has 0 bridgehead atoms. The van der Waals surface area contributed by atoms with Crippen LogP contribution in [0.25, 0.3) is 0 Å². The number of ether oxygens (including phenoxy) is 4. The second-order valence-corrected chi connectivity index (χ2v) is 7.45. The molecule has 2 heterocycles. The fourth-order valence-electron chi connectivity index (χ4n) is 2.93. The number of carbonyl (C=O) groups excluding carboxylic acids is 3. The molecule has 2 rings (SSSR count). The number of nitrogens with zero attached hydrogens (tertiary/aromatic N) is 2. The summed E-state index contributed by atoms with van der Waals surface area (Å²) in [5, 5.41) is 2.07. The normalized spacial score (nSPS) is 22.8. The topological polar surface area (TPSA) is 135 Å². The van der Waals surface area contributed by atoms with Crippen molar-refractivity contribution in [1.82, 2.24) is 9.55 Å². The molecule has 1 saturated heterocycles. The molecule has 1 fully saturated rings. The molecule has 0 aromatic carbocycles. The van der Waals surface area contributed by atoms with Gasteiger partial charge in [-0.05, 0) is 19.3 Å². The maximum absolute atomic E-state index is 14.5. The van der Waals surface area contributed by atoms with Gasteiger partial charge < -0.3 is 18.9 Å². The Kier molecular flexibility index (Phi) is 8.08. The molecular weight excluding hydrogens is 417 g/mol. The number of anilines is 1. The van der Waals surface area contributed by atoms with Gasteiger partial charge in [-0.3, -0.25) is 19.5 Å². The van der Waals surface area contributed by atoms with Gasteiger partial charge in [-0.2, -0.15) is 4.98 Å². The number of halogens is 1. The lowest BCUT2D eigenvalue weighted by molar-refractivity contribution is -0.165. The van der Waals surface area contributed by atoms with E-state index in [0.29, 0.717) is 12.3 Å². The fraction of sp³-hybridized carbons (Fsp3) is 0.632. The lowest BCUT2D eigenvalue weighted by atomic mass is 10.1. The molecule has 4 unspecified atom stereocenters. The molecule has 1 aromatic heterocycles. The highest BCUT2D eigenvalue weighted by Gasteiger charge is 2.48. The minimum absolute atomic E-state index is 0.123. The molecule has 0 spiro atoms. The summed E-state index contributed by atoms with van der Waals surface area (Å²) in [4.78, 5) is 50.7. The summed E-state index contributed by atoms with van der Waals surface area (Å²) in [7, 11) is 0. The molecule has 0 saturated carbocycles. The van der Waals surface area contributed by atoms with Crippen molar-refractivity contribution in [2.75, 3.05) is 11.9 Å². The molecule has 172 valence electrons. The molecule has 1 amide bonds. The van der Waals surface area contributed by atoms with Crippen LogP contribution in [0.2, 0.25) is 0 Å². The average Bonchev–Trinajstić information content (AvgIpc) is 2.92. The van der Waals surface area contributed by atoms with Crippen molar-refractivity contribution >= 4 is 23.8 Å². The van der Waals surface area contributed by atoms with Crippen molar-refractivity contribution in [3.05, 3.63) is 22.5 Å². The third-order valence-electron chi connectivity index (χ3n) is 4.36. The molecule has 1 aliphatic heterocycles. The van der Waals surface area contributed by atoms with Gasteiger partial charge >= 0.3 is 23.7 Å². The Bertz CT molecular complexity index is 887. The summed E-state index contributed by atoms with van der Waals surface area (Å²) in [5.41, 5.74) is -0.989. The van der Waals surface area contributed by atoms with Crippen LogP contribution < -0.4 is 11.0 Å². The summed E-state index contributed by atoms with van der Waals surface area (Å²) >= 11 is 0. The lowest BCUT2D eigenvalue weighted by Gasteiger charge is -2.23. The van der Waals surface area contributed by atoms with Gasteiger partial charge in [0, 0.05) is 13.8 Å². The number of hydrogen-bond donors (Lipinski definition) is 1. The van der Waals surface area contributed by atoms with Crippen LogP contribution in [0.5, 0.6) is 0 Å². The van der Waals surface area contributed by atoms with E-state index in [-0.39, 0.29) is 6.61 Å². The van der Waals surface area contributed by atoms with Crippen molar-refractivity contribution in [2.45, 2.75) is 65.6 Å². The van der Waals surface area contributed by atoms with E-state index in [2.05, 4.69) is 10.3 Å². The number of nitrogens with one attached hydrogen (secondary N) is 1. The van der Waals surface area contributed by atoms with E-state index in [1.54, 1.807) is 6.92 Å². The number of rotatable bonds is 7. The number of esters is 2. The Morgan fingerprint density at radius 3 is 2.42 bits per heavy atom. The lowest BCUT2D eigenvalue weighted by Crippen LogP contribution is -2.40. The zero-order valence-corrected chi connectivity index (χ0v) is 17.9. The zero-order chi connectivity index (χ0) is 23.3. The van der Waals surface area contributed by atoms with E-state index in [0.717, 1.165) is 17.7 Å². The van der Waals surface area contributed by atoms with Crippen LogP contribution in [0.15, 0.2) is 11.0 Å². The van der Waals surface area contributed by atoms with E-state index in [9.17, 15) is 23.6 Å². The first kappa shape index (κ1) is 24.3. The highest BCUT2D eigenvalue weighted by Crippen LogP contribution is 2.33. The molecule has 1 aromatic rings. The van der Waals surface area contributed by atoms with E-state index < -0.39 is 59.9 Å². The molecule has 12 heteroatoms. The van der Waals surface area contributed by atoms with E-state index >= 15 is 0 Å². The second kappa shape index (κ2) is 10.3. The van der Waals surface area contributed by atoms with Crippen LogP contribution in [0, 0.1) is 11.7 Å². The zero-order valence-electron chi connectivity index (χ0n) is 17.9. The minimum Gasteiger partial charge on any atom is -0.456 e. The standard InChI is InChI=1S/C19H26FN3O8/c1-9(2)6-7-28-19(27)22-16-13(20)8-23(18(26)21-16)17-15(31-12(5)25)14(10(3)29-17)30-11(4)24/h8-10,14-15,17H,6-7H2,1-5H3,(H,21,22,26,27). The van der Waals surface area contributed by atoms with Crippen molar-refractivity contribution < 1.29 is 37.7 Å². The first-order valence-corrected chi connectivity index (χ1v) is 9.72. The molecule has 1 aliphatic rings. The van der Waals surface area contributed by atoms with Crippen LogP contribution in [0.1, 0.15) is 47.3 Å². The summed E-state index contributed by atoms with van der Waals surface area (Å²) in [6, 6.07) is 0. The molecule has 1 N–H and O–H groups in total. The second-order valence-electron chi connectivity index (χ2n) is 7.45. The minimum atomic E-state index is -1.30. The predicted octanol–water partition coefficient (Wildman–Crippen LogP) is 1.76. The van der Waals surface area contributed by atoms with Gasteiger partial charge in [0.15, 0.2) is 30.1 Å².